The summed E-state index contributed by atoms with van der Waals surface area (Å²) in [6.07, 6.45) is 1.62. The lowest BCUT2D eigenvalue weighted by Crippen LogP contribution is -2.23. The molecule has 0 aliphatic carbocycles. The fourth-order valence-electron chi connectivity index (χ4n) is 2.91. The number of aromatic nitrogens is 1. The first-order valence-corrected chi connectivity index (χ1v) is 8.57. The smallest absolute Gasteiger partial charge is 0.257 e. The zero-order valence-electron chi connectivity index (χ0n) is 15.2. The number of nitrogens with one attached hydrogen (secondary N) is 1. The highest BCUT2D eigenvalue weighted by atomic mass is 16.2. The maximum atomic E-state index is 12.6. The zero-order chi connectivity index (χ0) is 18.7. The molecule has 2 aromatic carbocycles. The summed E-state index contributed by atoms with van der Waals surface area (Å²) in [7, 11) is 0. The van der Waals surface area contributed by atoms with Crippen LogP contribution in [0.3, 0.4) is 0 Å². The third kappa shape index (κ3) is 3.91. The van der Waals surface area contributed by atoms with Gasteiger partial charge in [0, 0.05) is 18.0 Å². The van der Waals surface area contributed by atoms with Crippen molar-refractivity contribution in [2.45, 2.75) is 27.3 Å². The van der Waals surface area contributed by atoms with Crippen LogP contribution in [0.4, 0.5) is 5.69 Å². The Morgan fingerprint density at radius 3 is 2.46 bits per heavy atom. The van der Waals surface area contributed by atoms with Crippen molar-refractivity contribution in [2.24, 2.45) is 0 Å². The molecule has 3 rings (SSSR count). The van der Waals surface area contributed by atoms with Gasteiger partial charge in [0.25, 0.3) is 11.5 Å². The SMILES string of the molecule is Cc1ccc(NC(=O)c2ccc(=O)n(Cc3ccccc3C)c2)c(C)c1. The summed E-state index contributed by atoms with van der Waals surface area (Å²) in [5.41, 5.74) is 5.43. The van der Waals surface area contributed by atoms with E-state index in [0.29, 0.717) is 12.1 Å². The predicted molar refractivity (Wildman–Crippen MR) is 105 cm³/mol. The molecule has 0 aliphatic heterocycles. The van der Waals surface area contributed by atoms with E-state index in [4.69, 9.17) is 0 Å². The summed E-state index contributed by atoms with van der Waals surface area (Å²) in [6, 6.07) is 16.8. The molecular weight excluding hydrogens is 324 g/mol. The highest BCUT2D eigenvalue weighted by Gasteiger charge is 2.10. The molecule has 0 fully saturated rings. The predicted octanol–water partition coefficient (Wildman–Crippen LogP) is 4.07. The van der Waals surface area contributed by atoms with Crippen LogP contribution in [0, 0.1) is 20.8 Å². The van der Waals surface area contributed by atoms with Gasteiger partial charge in [-0.3, -0.25) is 9.59 Å². The lowest BCUT2D eigenvalue weighted by molar-refractivity contribution is 0.102. The molecule has 0 aliphatic rings. The molecule has 26 heavy (non-hydrogen) atoms. The summed E-state index contributed by atoms with van der Waals surface area (Å²) in [6.45, 7) is 6.43. The Balaban J connectivity index is 1.86. The van der Waals surface area contributed by atoms with Crippen LogP contribution in [0.1, 0.15) is 32.6 Å². The first kappa shape index (κ1) is 17.7. The van der Waals surface area contributed by atoms with Crippen LogP contribution in [0.2, 0.25) is 0 Å². The van der Waals surface area contributed by atoms with Crippen LogP contribution in [0.25, 0.3) is 0 Å². The van der Waals surface area contributed by atoms with Crippen molar-refractivity contribution in [3.05, 3.63) is 99.0 Å². The molecule has 0 atom stereocenters. The number of rotatable bonds is 4. The van der Waals surface area contributed by atoms with E-state index < -0.39 is 0 Å². The average Bonchev–Trinajstić information content (AvgIpc) is 2.61. The van der Waals surface area contributed by atoms with Crippen LogP contribution < -0.4 is 10.9 Å². The quantitative estimate of drug-likeness (QED) is 0.774. The Labute approximate surface area is 153 Å². The summed E-state index contributed by atoms with van der Waals surface area (Å²) in [4.78, 5) is 24.8. The molecular formula is C22H22N2O2. The van der Waals surface area contributed by atoms with Crippen molar-refractivity contribution < 1.29 is 4.79 Å². The minimum atomic E-state index is -0.226. The number of anilines is 1. The Kier molecular flexibility index (Phi) is 5.03. The monoisotopic (exact) mass is 346 g/mol. The summed E-state index contributed by atoms with van der Waals surface area (Å²) in [5.74, 6) is -0.226. The average molecular weight is 346 g/mol. The Bertz CT molecular complexity index is 1020. The topological polar surface area (TPSA) is 51.1 Å². The van der Waals surface area contributed by atoms with Gasteiger partial charge >= 0.3 is 0 Å². The first-order chi connectivity index (χ1) is 12.4. The number of aryl methyl sites for hydroxylation is 3. The number of benzene rings is 2. The second-order valence-corrected chi connectivity index (χ2v) is 6.58. The fraction of sp³-hybridized carbons (Fsp3) is 0.182. The van der Waals surface area contributed by atoms with Crippen molar-refractivity contribution in [1.82, 2.24) is 4.57 Å². The van der Waals surface area contributed by atoms with E-state index in [1.807, 2.05) is 63.2 Å². The van der Waals surface area contributed by atoms with Crippen LogP contribution >= 0.6 is 0 Å². The largest absolute Gasteiger partial charge is 0.322 e. The lowest BCUT2D eigenvalue weighted by atomic mass is 10.1. The van der Waals surface area contributed by atoms with Gasteiger partial charge in [-0.2, -0.15) is 0 Å². The Hall–Kier alpha value is -3.14. The number of hydrogen-bond donors (Lipinski definition) is 1. The third-order valence-electron chi connectivity index (χ3n) is 4.48. The van der Waals surface area contributed by atoms with Gasteiger partial charge in [0.1, 0.15) is 0 Å². The van der Waals surface area contributed by atoms with E-state index in [1.54, 1.807) is 16.8 Å². The van der Waals surface area contributed by atoms with E-state index in [9.17, 15) is 9.59 Å². The summed E-state index contributed by atoms with van der Waals surface area (Å²) in [5, 5.41) is 2.92. The van der Waals surface area contributed by atoms with Crippen molar-refractivity contribution in [1.29, 1.82) is 0 Å². The molecule has 0 spiro atoms. The Morgan fingerprint density at radius 1 is 0.962 bits per heavy atom. The lowest BCUT2D eigenvalue weighted by Gasteiger charge is -2.12. The molecule has 4 nitrogen and oxygen atoms in total. The number of pyridine rings is 1. The maximum absolute atomic E-state index is 12.6. The number of amides is 1. The van der Waals surface area contributed by atoms with Crippen molar-refractivity contribution >= 4 is 11.6 Å². The molecule has 0 saturated carbocycles. The third-order valence-corrected chi connectivity index (χ3v) is 4.48. The van der Waals surface area contributed by atoms with Gasteiger partial charge < -0.3 is 9.88 Å². The Morgan fingerprint density at radius 2 is 1.73 bits per heavy atom. The van der Waals surface area contributed by atoms with Crippen LogP contribution in [-0.2, 0) is 6.54 Å². The van der Waals surface area contributed by atoms with E-state index >= 15 is 0 Å². The first-order valence-electron chi connectivity index (χ1n) is 8.57. The van der Waals surface area contributed by atoms with E-state index in [1.165, 1.54) is 6.07 Å². The second-order valence-electron chi connectivity index (χ2n) is 6.58. The molecule has 0 saturated heterocycles. The number of hydrogen-bond acceptors (Lipinski definition) is 2. The zero-order valence-corrected chi connectivity index (χ0v) is 15.2. The van der Waals surface area contributed by atoms with Gasteiger partial charge in [-0.25, -0.2) is 0 Å². The fourth-order valence-corrected chi connectivity index (χ4v) is 2.91. The van der Waals surface area contributed by atoms with Gasteiger partial charge in [0.2, 0.25) is 0 Å². The molecule has 0 unspecified atom stereocenters. The minimum absolute atomic E-state index is 0.128. The molecule has 0 radical (unpaired) electrons. The van der Waals surface area contributed by atoms with Gasteiger partial charge in [0.05, 0.1) is 12.1 Å². The van der Waals surface area contributed by atoms with Gasteiger partial charge in [0.15, 0.2) is 0 Å². The highest BCUT2D eigenvalue weighted by molar-refractivity contribution is 6.04. The van der Waals surface area contributed by atoms with Crippen LogP contribution in [0.15, 0.2) is 65.6 Å². The molecule has 1 amide bonds. The molecule has 0 bridgehead atoms. The van der Waals surface area contributed by atoms with Gasteiger partial charge in [-0.1, -0.05) is 42.0 Å². The summed E-state index contributed by atoms with van der Waals surface area (Å²) >= 11 is 0. The molecule has 4 heteroatoms. The number of nitrogens with zero attached hydrogens (tertiary/aromatic N) is 1. The number of carbonyl (C=O) groups is 1. The molecule has 1 heterocycles. The number of carbonyl (C=O) groups excluding carboxylic acids is 1. The van der Waals surface area contributed by atoms with Crippen molar-refractivity contribution in [2.75, 3.05) is 5.32 Å². The van der Waals surface area contributed by atoms with Crippen molar-refractivity contribution in [3.63, 3.8) is 0 Å². The molecule has 132 valence electrons. The molecule has 3 aromatic rings. The van der Waals surface area contributed by atoms with Crippen LogP contribution in [0.5, 0.6) is 0 Å². The molecule has 1 N–H and O–H groups in total. The van der Waals surface area contributed by atoms with E-state index in [-0.39, 0.29) is 11.5 Å². The van der Waals surface area contributed by atoms with Gasteiger partial charge in [-0.05, 0) is 49.6 Å². The van der Waals surface area contributed by atoms with Crippen molar-refractivity contribution in [3.8, 4) is 0 Å². The second kappa shape index (κ2) is 7.40. The summed E-state index contributed by atoms with van der Waals surface area (Å²) < 4.78 is 1.57. The van der Waals surface area contributed by atoms with E-state index in [0.717, 1.165) is 27.9 Å². The van der Waals surface area contributed by atoms with Gasteiger partial charge in [-0.15, -0.1) is 0 Å². The standard InChI is InChI=1S/C22H22N2O2/c1-15-8-10-20(17(3)12-15)23-22(26)19-9-11-21(25)24(14-19)13-18-7-5-4-6-16(18)2/h4-12,14H,13H2,1-3H3,(H,23,26). The highest BCUT2D eigenvalue weighted by Crippen LogP contribution is 2.17. The van der Waals surface area contributed by atoms with Crippen LogP contribution in [-0.4, -0.2) is 10.5 Å². The maximum Gasteiger partial charge on any atom is 0.257 e. The van der Waals surface area contributed by atoms with E-state index in [2.05, 4.69) is 5.32 Å². The minimum Gasteiger partial charge on any atom is -0.322 e. The molecule has 1 aromatic heterocycles. The normalized spacial score (nSPS) is 10.6.